The number of ether oxygens (including phenoxy) is 1. The Labute approximate surface area is 166 Å². The van der Waals surface area contributed by atoms with E-state index in [0.29, 0.717) is 30.5 Å². The normalized spacial score (nSPS) is 14.1. The summed E-state index contributed by atoms with van der Waals surface area (Å²) in [5.74, 6) is 0.371. The third-order valence-corrected chi connectivity index (χ3v) is 5.32. The summed E-state index contributed by atoms with van der Waals surface area (Å²) in [6.45, 7) is 3.48. The van der Waals surface area contributed by atoms with Crippen molar-refractivity contribution in [2.75, 3.05) is 31.2 Å². The molecule has 2 aromatic heterocycles. The van der Waals surface area contributed by atoms with Crippen LogP contribution in [0.15, 0.2) is 48.0 Å². The van der Waals surface area contributed by atoms with Crippen LogP contribution < -0.4 is 10.2 Å². The summed E-state index contributed by atoms with van der Waals surface area (Å²) in [7, 11) is 0. The standard InChI is InChI=1S/C20H19FN4O2S/c21-16-4-2-15(3-5-16)20-24-17(13-28-20)19(26)23-12-14-1-6-18(22-11-14)25-7-9-27-10-8-25/h1-6,11,13H,7-10,12H2,(H,23,26). The molecule has 3 aromatic rings. The van der Waals surface area contributed by atoms with E-state index in [-0.39, 0.29) is 11.7 Å². The number of halogens is 1. The van der Waals surface area contributed by atoms with Gasteiger partial charge in [-0.2, -0.15) is 0 Å². The number of nitrogens with zero attached hydrogens (tertiary/aromatic N) is 3. The topological polar surface area (TPSA) is 67.4 Å². The first-order valence-electron chi connectivity index (χ1n) is 8.96. The van der Waals surface area contributed by atoms with Crippen molar-refractivity contribution in [1.29, 1.82) is 0 Å². The van der Waals surface area contributed by atoms with Crippen molar-refractivity contribution in [2.45, 2.75) is 6.54 Å². The van der Waals surface area contributed by atoms with Gasteiger partial charge in [0, 0.05) is 36.8 Å². The molecular weight excluding hydrogens is 379 g/mol. The molecule has 0 radical (unpaired) electrons. The number of aromatic nitrogens is 2. The van der Waals surface area contributed by atoms with Gasteiger partial charge in [-0.05, 0) is 35.9 Å². The summed E-state index contributed by atoms with van der Waals surface area (Å²) >= 11 is 1.35. The number of morpholine rings is 1. The van der Waals surface area contributed by atoms with Crippen LogP contribution in [0.2, 0.25) is 0 Å². The Morgan fingerprint density at radius 1 is 1.18 bits per heavy atom. The Balaban J connectivity index is 1.34. The van der Waals surface area contributed by atoms with Crippen LogP contribution >= 0.6 is 11.3 Å². The number of pyridine rings is 1. The molecule has 8 heteroatoms. The fourth-order valence-electron chi connectivity index (χ4n) is 2.88. The minimum Gasteiger partial charge on any atom is -0.378 e. The summed E-state index contributed by atoms with van der Waals surface area (Å²) in [4.78, 5) is 23.4. The molecule has 0 atom stereocenters. The summed E-state index contributed by atoms with van der Waals surface area (Å²) in [5, 5.41) is 5.24. The zero-order valence-electron chi connectivity index (χ0n) is 15.1. The monoisotopic (exact) mass is 398 g/mol. The molecule has 1 amide bonds. The van der Waals surface area contributed by atoms with Gasteiger partial charge in [0.15, 0.2) is 0 Å². The number of amides is 1. The highest BCUT2D eigenvalue weighted by molar-refractivity contribution is 7.13. The number of carbonyl (C=O) groups is 1. The van der Waals surface area contributed by atoms with Crippen LogP contribution in [-0.4, -0.2) is 42.2 Å². The lowest BCUT2D eigenvalue weighted by Crippen LogP contribution is -2.36. The number of thiazole rings is 1. The maximum atomic E-state index is 13.0. The first-order chi connectivity index (χ1) is 13.7. The second-order valence-electron chi connectivity index (χ2n) is 6.35. The average molecular weight is 398 g/mol. The second kappa shape index (κ2) is 8.45. The van der Waals surface area contributed by atoms with Gasteiger partial charge in [-0.25, -0.2) is 14.4 Å². The van der Waals surface area contributed by atoms with Crippen molar-refractivity contribution in [3.8, 4) is 10.6 Å². The van der Waals surface area contributed by atoms with Gasteiger partial charge in [0.25, 0.3) is 5.91 Å². The molecule has 1 aliphatic heterocycles. The summed E-state index contributed by atoms with van der Waals surface area (Å²) < 4.78 is 18.4. The van der Waals surface area contributed by atoms with Gasteiger partial charge in [-0.3, -0.25) is 4.79 Å². The van der Waals surface area contributed by atoms with Gasteiger partial charge >= 0.3 is 0 Å². The van der Waals surface area contributed by atoms with E-state index in [1.807, 2.05) is 12.1 Å². The van der Waals surface area contributed by atoms with E-state index in [0.717, 1.165) is 30.0 Å². The van der Waals surface area contributed by atoms with Crippen LogP contribution in [0.1, 0.15) is 16.1 Å². The number of hydrogen-bond acceptors (Lipinski definition) is 6. The van der Waals surface area contributed by atoms with Gasteiger partial charge in [0.1, 0.15) is 22.3 Å². The quantitative estimate of drug-likeness (QED) is 0.715. The van der Waals surface area contributed by atoms with Gasteiger partial charge in [-0.15, -0.1) is 11.3 Å². The molecule has 1 aliphatic rings. The Morgan fingerprint density at radius 2 is 1.96 bits per heavy atom. The number of nitrogens with one attached hydrogen (secondary N) is 1. The van der Waals surface area contributed by atoms with Crippen molar-refractivity contribution in [3.63, 3.8) is 0 Å². The molecule has 3 heterocycles. The predicted molar refractivity (Wildman–Crippen MR) is 106 cm³/mol. The number of anilines is 1. The number of benzene rings is 1. The molecule has 0 unspecified atom stereocenters. The van der Waals surface area contributed by atoms with E-state index in [4.69, 9.17) is 4.74 Å². The Bertz CT molecular complexity index is 938. The van der Waals surface area contributed by atoms with Gasteiger partial charge in [0.05, 0.1) is 13.2 Å². The summed E-state index contributed by atoms with van der Waals surface area (Å²) in [5.41, 5.74) is 2.05. The van der Waals surface area contributed by atoms with E-state index >= 15 is 0 Å². The molecule has 0 bridgehead atoms. The number of rotatable bonds is 5. The number of carbonyl (C=O) groups excluding carboxylic acids is 1. The van der Waals surface area contributed by atoms with Crippen LogP contribution in [0.3, 0.4) is 0 Å². The lowest BCUT2D eigenvalue weighted by Gasteiger charge is -2.27. The van der Waals surface area contributed by atoms with Crippen LogP contribution in [0.25, 0.3) is 10.6 Å². The summed E-state index contributed by atoms with van der Waals surface area (Å²) in [6, 6.07) is 9.98. The van der Waals surface area contributed by atoms with Crippen LogP contribution in [0.5, 0.6) is 0 Å². The van der Waals surface area contributed by atoms with Gasteiger partial charge < -0.3 is 15.0 Å². The van der Waals surface area contributed by atoms with Crippen molar-refractivity contribution >= 4 is 23.1 Å². The van der Waals surface area contributed by atoms with Crippen molar-refractivity contribution in [3.05, 3.63) is 65.0 Å². The largest absolute Gasteiger partial charge is 0.378 e. The maximum absolute atomic E-state index is 13.0. The number of hydrogen-bond donors (Lipinski definition) is 1. The van der Waals surface area contributed by atoms with E-state index in [2.05, 4.69) is 20.2 Å². The third-order valence-electron chi connectivity index (χ3n) is 4.43. The Morgan fingerprint density at radius 3 is 2.68 bits per heavy atom. The molecule has 1 aromatic carbocycles. The van der Waals surface area contributed by atoms with Crippen LogP contribution in [0.4, 0.5) is 10.2 Å². The van der Waals surface area contributed by atoms with Gasteiger partial charge in [0.2, 0.25) is 0 Å². The molecule has 0 spiro atoms. The smallest absolute Gasteiger partial charge is 0.271 e. The minimum atomic E-state index is -0.300. The van der Waals surface area contributed by atoms with Crippen molar-refractivity contribution in [1.82, 2.24) is 15.3 Å². The fourth-order valence-corrected chi connectivity index (χ4v) is 3.68. The Hall–Kier alpha value is -2.84. The van der Waals surface area contributed by atoms with Crippen molar-refractivity contribution in [2.24, 2.45) is 0 Å². The second-order valence-corrected chi connectivity index (χ2v) is 7.21. The first kappa shape index (κ1) is 18.5. The highest BCUT2D eigenvalue weighted by atomic mass is 32.1. The molecule has 0 saturated carbocycles. The lowest BCUT2D eigenvalue weighted by atomic mass is 10.2. The molecule has 4 rings (SSSR count). The molecule has 0 aliphatic carbocycles. The zero-order chi connectivity index (χ0) is 19.3. The molecular formula is C20H19FN4O2S. The molecule has 28 heavy (non-hydrogen) atoms. The first-order valence-corrected chi connectivity index (χ1v) is 9.84. The summed E-state index contributed by atoms with van der Waals surface area (Å²) in [6.07, 6.45) is 1.77. The maximum Gasteiger partial charge on any atom is 0.271 e. The SMILES string of the molecule is O=C(NCc1ccc(N2CCOCC2)nc1)c1csc(-c2ccc(F)cc2)n1. The van der Waals surface area contributed by atoms with E-state index in [1.54, 1.807) is 23.7 Å². The van der Waals surface area contributed by atoms with Crippen LogP contribution in [0, 0.1) is 5.82 Å². The lowest BCUT2D eigenvalue weighted by molar-refractivity contribution is 0.0946. The Kier molecular flexibility index (Phi) is 5.59. The molecule has 1 N–H and O–H groups in total. The minimum absolute atomic E-state index is 0.248. The highest BCUT2D eigenvalue weighted by Gasteiger charge is 2.14. The molecule has 1 saturated heterocycles. The van der Waals surface area contributed by atoms with Gasteiger partial charge in [-0.1, -0.05) is 6.07 Å². The van der Waals surface area contributed by atoms with Crippen molar-refractivity contribution < 1.29 is 13.9 Å². The fraction of sp³-hybridized carbons (Fsp3) is 0.250. The van der Waals surface area contributed by atoms with Crippen LogP contribution in [-0.2, 0) is 11.3 Å². The molecule has 6 nitrogen and oxygen atoms in total. The van der Waals surface area contributed by atoms with E-state index < -0.39 is 0 Å². The van der Waals surface area contributed by atoms with E-state index in [1.165, 1.54) is 23.5 Å². The highest BCUT2D eigenvalue weighted by Crippen LogP contribution is 2.24. The molecule has 144 valence electrons. The molecule has 1 fully saturated rings. The van der Waals surface area contributed by atoms with E-state index in [9.17, 15) is 9.18 Å². The zero-order valence-corrected chi connectivity index (χ0v) is 15.9. The average Bonchev–Trinajstić information content (AvgIpc) is 3.24. The predicted octanol–water partition coefficient (Wildman–Crippen LogP) is 3.11. The third kappa shape index (κ3) is 4.35.